The molecule has 148 valence electrons. The van der Waals surface area contributed by atoms with Crippen LogP contribution in [0.1, 0.15) is 37.1 Å². The summed E-state index contributed by atoms with van der Waals surface area (Å²) in [5, 5.41) is 18.7. The second-order valence-electron chi connectivity index (χ2n) is 7.91. The van der Waals surface area contributed by atoms with Crippen molar-refractivity contribution < 1.29 is 4.79 Å². The summed E-state index contributed by atoms with van der Waals surface area (Å²) < 4.78 is 1.81. The fourth-order valence-electron chi connectivity index (χ4n) is 3.56. The van der Waals surface area contributed by atoms with Crippen molar-refractivity contribution in [1.82, 2.24) is 25.1 Å². The van der Waals surface area contributed by atoms with Crippen molar-refractivity contribution in [3.05, 3.63) is 59.3 Å². The predicted molar refractivity (Wildman–Crippen MR) is 114 cm³/mol. The molecule has 0 atom stereocenters. The molecule has 0 unspecified atom stereocenters. The molecule has 1 amide bonds. The van der Waals surface area contributed by atoms with Gasteiger partial charge in [0.15, 0.2) is 11.5 Å². The monoisotopic (exact) mass is 387 g/mol. The highest BCUT2D eigenvalue weighted by molar-refractivity contribution is 5.95. The average Bonchev–Trinajstić information content (AvgIpc) is 3.11. The highest BCUT2D eigenvalue weighted by atomic mass is 16.1. The van der Waals surface area contributed by atoms with Gasteiger partial charge in [-0.2, -0.15) is 9.61 Å². The number of rotatable bonds is 5. The molecule has 6 nitrogen and oxygen atoms in total. The highest BCUT2D eigenvalue weighted by Gasteiger charge is 2.15. The molecule has 2 aromatic heterocycles. The van der Waals surface area contributed by atoms with Gasteiger partial charge in [0.25, 0.3) is 0 Å². The first kappa shape index (κ1) is 19.1. The van der Waals surface area contributed by atoms with Gasteiger partial charge in [-0.1, -0.05) is 50.2 Å². The van der Waals surface area contributed by atoms with Gasteiger partial charge in [0.2, 0.25) is 5.91 Å². The maximum Gasteiger partial charge on any atom is 0.220 e. The van der Waals surface area contributed by atoms with Crippen LogP contribution in [0.5, 0.6) is 0 Å². The SMILES string of the molecule is Cc1ccc(-c2nnc3c4ccccc4c(C)nn23)cc1CNC(=O)CC(C)C. The van der Waals surface area contributed by atoms with Crippen LogP contribution in [0.25, 0.3) is 27.8 Å². The van der Waals surface area contributed by atoms with Crippen LogP contribution in [0, 0.1) is 19.8 Å². The zero-order chi connectivity index (χ0) is 20.5. The molecule has 29 heavy (non-hydrogen) atoms. The van der Waals surface area contributed by atoms with Crippen LogP contribution >= 0.6 is 0 Å². The third-order valence-corrected chi connectivity index (χ3v) is 5.13. The molecule has 0 saturated carbocycles. The minimum absolute atomic E-state index is 0.0708. The van der Waals surface area contributed by atoms with E-state index in [-0.39, 0.29) is 5.91 Å². The van der Waals surface area contributed by atoms with E-state index in [0.29, 0.717) is 24.7 Å². The summed E-state index contributed by atoms with van der Waals surface area (Å²) in [7, 11) is 0. The summed E-state index contributed by atoms with van der Waals surface area (Å²) in [5.74, 6) is 1.11. The number of benzene rings is 2. The summed E-state index contributed by atoms with van der Waals surface area (Å²) in [6, 6.07) is 14.2. The lowest BCUT2D eigenvalue weighted by molar-refractivity contribution is -0.121. The van der Waals surface area contributed by atoms with Gasteiger partial charge in [-0.25, -0.2) is 0 Å². The number of carbonyl (C=O) groups excluding carboxylic acids is 1. The van der Waals surface area contributed by atoms with E-state index in [1.165, 1.54) is 0 Å². The van der Waals surface area contributed by atoms with Gasteiger partial charge in [-0.05, 0) is 37.0 Å². The largest absolute Gasteiger partial charge is 0.352 e. The number of nitrogens with zero attached hydrogens (tertiary/aromatic N) is 4. The molecule has 0 saturated heterocycles. The van der Waals surface area contributed by atoms with Crippen molar-refractivity contribution in [3.8, 4) is 11.4 Å². The number of amides is 1. The molecule has 4 rings (SSSR count). The standard InChI is InChI=1S/C23H25N5O/c1-14(2)11-21(29)24-13-18-12-17(10-9-15(18)3)22-25-26-23-20-8-6-5-7-19(20)16(4)27-28(22)23/h5-10,12,14H,11,13H2,1-4H3,(H,24,29). The topological polar surface area (TPSA) is 72.2 Å². The molecule has 0 spiro atoms. The van der Waals surface area contributed by atoms with Crippen LogP contribution in [-0.4, -0.2) is 25.7 Å². The summed E-state index contributed by atoms with van der Waals surface area (Å²) in [6.07, 6.45) is 0.532. The number of hydrogen-bond acceptors (Lipinski definition) is 4. The van der Waals surface area contributed by atoms with Crippen molar-refractivity contribution in [2.45, 2.75) is 40.7 Å². The maximum atomic E-state index is 12.0. The number of aryl methyl sites for hydroxylation is 2. The summed E-state index contributed by atoms with van der Waals surface area (Å²) in [4.78, 5) is 12.0. The molecule has 0 radical (unpaired) electrons. The van der Waals surface area contributed by atoms with Crippen molar-refractivity contribution in [3.63, 3.8) is 0 Å². The van der Waals surface area contributed by atoms with Crippen LogP contribution < -0.4 is 5.32 Å². The van der Waals surface area contributed by atoms with Gasteiger partial charge >= 0.3 is 0 Å². The molecule has 2 aromatic carbocycles. The Bertz CT molecular complexity index is 1210. The number of fused-ring (bicyclic) bond motifs is 3. The predicted octanol–water partition coefficient (Wildman–Crippen LogP) is 4.22. The van der Waals surface area contributed by atoms with Crippen molar-refractivity contribution in [2.75, 3.05) is 0 Å². The molecule has 6 heteroatoms. The maximum absolute atomic E-state index is 12.0. The second-order valence-corrected chi connectivity index (χ2v) is 7.91. The van der Waals surface area contributed by atoms with E-state index in [2.05, 4.69) is 27.6 Å². The fourth-order valence-corrected chi connectivity index (χ4v) is 3.56. The molecular weight excluding hydrogens is 362 g/mol. The first-order chi connectivity index (χ1) is 13.9. The Kier molecular flexibility index (Phi) is 5.01. The number of carbonyl (C=O) groups is 1. The molecule has 4 aromatic rings. The van der Waals surface area contributed by atoms with Crippen molar-refractivity contribution in [1.29, 1.82) is 0 Å². The fraction of sp³-hybridized carbons (Fsp3) is 0.304. The minimum Gasteiger partial charge on any atom is -0.352 e. The zero-order valence-electron chi connectivity index (χ0n) is 17.2. The van der Waals surface area contributed by atoms with Gasteiger partial charge in [-0.3, -0.25) is 4.79 Å². The third-order valence-electron chi connectivity index (χ3n) is 5.13. The van der Waals surface area contributed by atoms with E-state index in [1.54, 1.807) is 0 Å². The normalized spacial score (nSPS) is 11.5. The molecule has 0 fully saturated rings. The summed E-state index contributed by atoms with van der Waals surface area (Å²) in [5.41, 5.74) is 4.80. The Hall–Kier alpha value is -3.28. The lowest BCUT2D eigenvalue weighted by Gasteiger charge is -2.11. The second kappa shape index (κ2) is 7.62. The van der Waals surface area contributed by atoms with Crippen molar-refractivity contribution in [2.24, 2.45) is 5.92 Å². The van der Waals surface area contributed by atoms with Gasteiger partial charge in [-0.15, -0.1) is 10.2 Å². The minimum atomic E-state index is 0.0708. The van der Waals surface area contributed by atoms with E-state index in [0.717, 1.165) is 38.8 Å². The first-order valence-corrected chi connectivity index (χ1v) is 9.91. The van der Waals surface area contributed by atoms with Gasteiger partial charge in [0, 0.05) is 29.3 Å². The zero-order valence-corrected chi connectivity index (χ0v) is 17.2. The Morgan fingerprint density at radius 3 is 2.59 bits per heavy atom. The Morgan fingerprint density at radius 2 is 1.83 bits per heavy atom. The smallest absolute Gasteiger partial charge is 0.220 e. The van der Waals surface area contributed by atoms with E-state index in [1.807, 2.05) is 62.5 Å². The van der Waals surface area contributed by atoms with Crippen LogP contribution in [0.15, 0.2) is 42.5 Å². The quantitative estimate of drug-likeness (QED) is 0.556. The summed E-state index contributed by atoms with van der Waals surface area (Å²) >= 11 is 0. The Labute approximate surface area is 170 Å². The number of nitrogens with one attached hydrogen (secondary N) is 1. The molecule has 1 N–H and O–H groups in total. The van der Waals surface area contributed by atoms with Crippen LogP contribution in [0.4, 0.5) is 0 Å². The molecule has 0 aliphatic carbocycles. The van der Waals surface area contributed by atoms with Crippen LogP contribution in [0.2, 0.25) is 0 Å². The van der Waals surface area contributed by atoms with Crippen molar-refractivity contribution >= 4 is 22.3 Å². The van der Waals surface area contributed by atoms with E-state index in [4.69, 9.17) is 5.10 Å². The molecule has 0 aliphatic heterocycles. The lowest BCUT2D eigenvalue weighted by Crippen LogP contribution is -2.24. The molecular formula is C23H25N5O. The Morgan fingerprint density at radius 1 is 1.07 bits per heavy atom. The molecule has 2 heterocycles. The average molecular weight is 387 g/mol. The van der Waals surface area contributed by atoms with Gasteiger partial charge in [0.05, 0.1) is 5.69 Å². The molecule has 0 bridgehead atoms. The van der Waals surface area contributed by atoms with Gasteiger partial charge in [0.1, 0.15) is 0 Å². The third kappa shape index (κ3) is 3.70. The van der Waals surface area contributed by atoms with E-state index in [9.17, 15) is 4.79 Å². The first-order valence-electron chi connectivity index (χ1n) is 9.91. The van der Waals surface area contributed by atoms with Crippen LogP contribution in [-0.2, 0) is 11.3 Å². The van der Waals surface area contributed by atoms with E-state index >= 15 is 0 Å². The highest BCUT2D eigenvalue weighted by Crippen LogP contribution is 2.26. The van der Waals surface area contributed by atoms with Gasteiger partial charge < -0.3 is 5.32 Å². The number of hydrogen-bond donors (Lipinski definition) is 1. The number of aromatic nitrogens is 4. The Balaban J connectivity index is 1.72. The van der Waals surface area contributed by atoms with Crippen LogP contribution in [0.3, 0.4) is 0 Å². The molecule has 0 aliphatic rings. The summed E-state index contributed by atoms with van der Waals surface area (Å²) in [6.45, 7) is 8.63. The lowest BCUT2D eigenvalue weighted by atomic mass is 10.0. The van der Waals surface area contributed by atoms with E-state index < -0.39 is 0 Å².